The molecule has 0 spiro atoms. The average molecular weight is 382 g/mol. The fraction of sp³-hybridized carbons (Fsp3) is 0.455. The minimum atomic E-state index is -0.260. The Morgan fingerprint density at radius 1 is 1.14 bits per heavy atom. The Bertz CT molecular complexity index is 880. The number of benzene rings is 1. The van der Waals surface area contributed by atoms with Gasteiger partial charge >= 0.3 is 6.03 Å². The number of carbonyl (C=O) groups excluding carboxylic acids is 1. The van der Waals surface area contributed by atoms with E-state index in [1.54, 1.807) is 31.1 Å². The van der Waals surface area contributed by atoms with E-state index in [1.165, 1.54) is 11.6 Å². The molecule has 5 nitrogen and oxygen atoms in total. The second-order valence-electron chi connectivity index (χ2n) is 8.30. The lowest BCUT2D eigenvalue weighted by molar-refractivity contribution is 0.159. The Hall–Kier alpha value is -2.63. The average Bonchev–Trinajstić information content (AvgIpc) is 3.17. The third-order valence-corrected chi connectivity index (χ3v) is 5.89. The van der Waals surface area contributed by atoms with Crippen molar-refractivity contribution in [2.45, 2.75) is 19.9 Å². The Kier molecular flexibility index (Phi) is 4.73. The number of aromatic nitrogens is 1. The minimum absolute atomic E-state index is 0.0141. The van der Waals surface area contributed by atoms with Gasteiger partial charge in [-0.15, -0.1) is 0 Å². The molecule has 3 atom stereocenters. The van der Waals surface area contributed by atoms with Crippen molar-refractivity contribution >= 4 is 11.8 Å². The molecule has 148 valence electrons. The maximum Gasteiger partial charge on any atom is 0.320 e. The zero-order valence-electron chi connectivity index (χ0n) is 16.9. The number of pyridine rings is 1. The molecule has 4 rings (SSSR count). The number of fused-ring (bicyclic) bond motifs is 1. The molecule has 2 aliphatic rings. The maximum absolute atomic E-state index is 13.9. The van der Waals surface area contributed by atoms with Gasteiger partial charge in [0.05, 0.1) is 6.04 Å². The first-order valence-corrected chi connectivity index (χ1v) is 9.77. The fourth-order valence-electron chi connectivity index (χ4n) is 4.79. The molecular formula is C22H27FN4O. The molecule has 0 aliphatic carbocycles. The first kappa shape index (κ1) is 18.7. The molecule has 6 heteroatoms. The second kappa shape index (κ2) is 7.08. The van der Waals surface area contributed by atoms with Gasteiger partial charge in [-0.05, 0) is 49.2 Å². The summed E-state index contributed by atoms with van der Waals surface area (Å²) in [5.74, 6) is 1.34. The molecule has 2 fully saturated rings. The van der Waals surface area contributed by atoms with Crippen molar-refractivity contribution in [3.63, 3.8) is 0 Å². The zero-order chi connectivity index (χ0) is 20.0. The number of hydrogen-bond acceptors (Lipinski definition) is 3. The van der Waals surface area contributed by atoms with E-state index in [2.05, 4.69) is 24.0 Å². The van der Waals surface area contributed by atoms with E-state index in [4.69, 9.17) is 4.98 Å². The van der Waals surface area contributed by atoms with E-state index in [1.807, 2.05) is 17.9 Å². The fourth-order valence-corrected chi connectivity index (χ4v) is 4.79. The number of halogens is 1. The van der Waals surface area contributed by atoms with E-state index >= 15 is 0 Å². The molecule has 3 heterocycles. The van der Waals surface area contributed by atoms with Crippen LogP contribution in [0.3, 0.4) is 0 Å². The highest BCUT2D eigenvalue weighted by Crippen LogP contribution is 2.46. The van der Waals surface area contributed by atoms with Crippen molar-refractivity contribution in [2.24, 2.45) is 11.8 Å². The highest BCUT2D eigenvalue weighted by molar-refractivity contribution is 5.75. The van der Waals surface area contributed by atoms with Crippen molar-refractivity contribution in [3.8, 4) is 0 Å². The molecule has 2 saturated heterocycles. The van der Waals surface area contributed by atoms with Gasteiger partial charge in [-0.1, -0.05) is 12.1 Å². The van der Waals surface area contributed by atoms with Gasteiger partial charge in [-0.3, -0.25) is 0 Å². The molecule has 28 heavy (non-hydrogen) atoms. The molecular weight excluding hydrogens is 355 g/mol. The normalized spacial score (nSPS) is 23.8. The lowest BCUT2D eigenvalue weighted by atomic mass is 9.89. The van der Waals surface area contributed by atoms with Crippen LogP contribution in [0.4, 0.5) is 15.0 Å². The van der Waals surface area contributed by atoms with E-state index in [0.29, 0.717) is 12.5 Å². The second-order valence-corrected chi connectivity index (χ2v) is 8.30. The van der Waals surface area contributed by atoms with Crippen molar-refractivity contribution in [3.05, 3.63) is 59.0 Å². The van der Waals surface area contributed by atoms with Gasteiger partial charge in [0, 0.05) is 51.3 Å². The summed E-state index contributed by atoms with van der Waals surface area (Å²) in [5, 5.41) is 0. The monoisotopic (exact) mass is 382 g/mol. The predicted molar refractivity (Wildman–Crippen MR) is 108 cm³/mol. The van der Waals surface area contributed by atoms with E-state index in [0.717, 1.165) is 30.2 Å². The summed E-state index contributed by atoms with van der Waals surface area (Å²) >= 11 is 0. The summed E-state index contributed by atoms with van der Waals surface area (Å²) in [4.78, 5) is 23.4. The van der Waals surface area contributed by atoms with Gasteiger partial charge in [-0.25, -0.2) is 14.2 Å². The topological polar surface area (TPSA) is 39.7 Å². The molecule has 0 unspecified atom stereocenters. The summed E-state index contributed by atoms with van der Waals surface area (Å²) in [6.07, 6.45) is 0. The SMILES string of the molecule is Cc1cc(C)nc(N2C[C@@H]3CN(C(=O)N(C)C)[C@@H](c4cccc(F)c4)[C@@H]3C2)c1. The highest BCUT2D eigenvalue weighted by Gasteiger charge is 2.49. The number of anilines is 1. The van der Waals surface area contributed by atoms with Crippen LogP contribution in [0, 0.1) is 31.5 Å². The largest absolute Gasteiger partial charge is 0.356 e. The van der Waals surface area contributed by atoms with Crippen LogP contribution in [0.25, 0.3) is 0 Å². The van der Waals surface area contributed by atoms with Crippen LogP contribution >= 0.6 is 0 Å². The Balaban J connectivity index is 1.66. The summed E-state index contributed by atoms with van der Waals surface area (Å²) in [6.45, 7) is 6.47. The first-order valence-electron chi connectivity index (χ1n) is 9.77. The zero-order valence-corrected chi connectivity index (χ0v) is 16.9. The van der Waals surface area contributed by atoms with Crippen LogP contribution in [0.1, 0.15) is 22.9 Å². The number of carbonyl (C=O) groups is 1. The Morgan fingerprint density at radius 3 is 2.61 bits per heavy atom. The minimum Gasteiger partial charge on any atom is -0.356 e. The molecule has 0 bridgehead atoms. The Labute approximate surface area is 165 Å². The van der Waals surface area contributed by atoms with Crippen molar-refractivity contribution in [1.82, 2.24) is 14.8 Å². The number of urea groups is 1. The van der Waals surface area contributed by atoms with Gasteiger partial charge in [-0.2, -0.15) is 0 Å². The summed E-state index contributed by atoms with van der Waals surface area (Å²) in [5.41, 5.74) is 3.08. The third-order valence-electron chi connectivity index (χ3n) is 5.89. The number of rotatable bonds is 2. The predicted octanol–water partition coefficient (Wildman–Crippen LogP) is 3.63. The molecule has 2 aromatic rings. The van der Waals surface area contributed by atoms with Gasteiger partial charge in [0.2, 0.25) is 0 Å². The van der Waals surface area contributed by atoms with Crippen LogP contribution in [0.15, 0.2) is 36.4 Å². The van der Waals surface area contributed by atoms with Crippen LogP contribution in [0.5, 0.6) is 0 Å². The lowest BCUT2D eigenvalue weighted by Crippen LogP contribution is -2.41. The van der Waals surface area contributed by atoms with Crippen LogP contribution in [0.2, 0.25) is 0 Å². The van der Waals surface area contributed by atoms with Gasteiger partial charge in [0.15, 0.2) is 0 Å². The van der Waals surface area contributed by atoms with Crippen LogP contribution in [-0.4, -0.2) is 54.5 Å². The third kappa shape index (κ3) is 3.32. The van der Waals surface area contributed by atoms with Crippen molar-refractivity contribution in [2.75, 3.05) is 38.6 Å². The van der Waals surface area contributed by atoms with Crippen LogP contribution in [-0.2, 0) is 0 Å². The molecule has 2 amide bonds. The number of nitrogens with zero attached hydrogens (tertiary/aromatic N) is 4. The number of hydrogen-bond donors (Lipinski definition) is 0. The van der Waals surface area contributed by atoms with Crippen LogP contribution < -0.4 is 4.90 Å². The maximum atomic E-state index is 13.9. The molecule has 1 aromatic carbocycles. The highest BCUT2D eigenvalue weighted by atomic mass is 19.1. The molecule has 0 saturated carbocycles. The van der Waals surface area contributed by atoms with E-state index in [-0.39, 0.29) is 23.8 Å². The molecule has 2 aliphatic heterocycles. The van der Waals surface area contributed by atoms with Gasteiger partial charge in [0.1, 0.15) is 11.6 Å². The van der Waals surface area contributed by atoms with E-state index < -0.39 is 0 Å². The smallest absolute Gasteiger partial charge is 0.320 e. The standard InChI is InChI=1S/C22H27FN4O/c1-14-8-15(2)24-20(9-14)26-11-17-12-27(22(28)25(3)4)21(19(17)13-26)16-6-5-7-18(23)10-16/h5-10,17,19,21H,11-13H2,1-4H3/t17-,19-,21+/m1/s1. The van der Waals surface area contributed by atoms with Gasteiger partial charge < -0.3 is 14.7 Å². The van der Waals surface area contributed by atoms with E-state index in [9.17, 15) is 9.18 Å². The summed E-state index contributed by atoms with van der Waals surface area (Å²) < 4.78 is 13.9. The molecule has 0 N–H and O–H groups in total. The lowest BCUT2D eigenvalue weighted by Gasteiger charge is -2.32. The quantitative estimate of drug-likeness (QED) is 0.796. The van der Waals surface area contributed by atoms with Crippen molar-refractivity contribution in [1.29, 1.82) is 0 Å². The molecule has 0 radical (unpaired) electrons. The van der Waals surface area contributed by atoms with Gasteiger partial charge in [0.25, 0.3) is 0 Å². The molecule has 1 aromatic heterocycles. The van der Waals surface area contributed by atoms with Crippen molar-refractivity contribution < 1.29 is 9.18 Å². The number of likely N-dealkylation sites (tertiary alicyclic amines) is 1. The Morgan fingerprint density at radius 2 is 1.93 bits per heavy atom. The summed E-state index contributed by atoms with van der Waals surface area (Å²) in [7, 11) is 3.54. The number of amides is 2. The number of aryl methyl sites for hydroxylation is 2. The summed E-state index contributed by atoms with van der Waals surface area (Å²) in [6, 6.07) is 10.8. The first-order chi connectivity index (χ1) is 13.3.